The number of benzene rings is 2. The molecule has 0 atom stereocenters. The van der Waals surface area contributed by atoms with Crippen molar-refractivity contribution >= 4 is 11.8 Å². The highest BCUT2D eigenvalue weighted by atomic mass is 32.2. The van der Waals surface area contributed by atoms with E-state index in [4.69, 9.17) is 9.15 Å². The second-order valence-corrected chi connectivity index (χ2v) is 7.15. The van der Waals surface area contributed by atoms with Crippen LogP contribution in [0.1, 0.15) is 17.0 Å². The van der Waals surface area contributed by atoms with Crippen LogP contribution in [0.2, 0.25) is 0 Å². The van der Waals surface area contributed by atoms with E-state index in [0.717, 1.165) is 22.4 Å². The topological polar surface area (TPSA) is 91.8 Å². The molecule has 0 saturated carbocycles. The molecule has 0 aliphatic carbocycles. The smallest absolute Gasteiger partial charge is 0.247 e. The predicted octanol–water partition coefficient (Wildman–Crippen LogP) is 3.63. The van der Waals surface area contributed by atoms with E-state index >= 15 is 0 Å². The van der Waals surface area contributed by atoms with Crippen LogP contribution >= 0.6 is 11.8 Å². The molecule has 0 saturated heterocycles. The normalized spacial score (nSPS) is 11.0. The minimum absolute atomic E-state index is 0.452. The van der Waals surface area contributed by atoms with Crippen molar-refractivity contribution in [3.8, 4) is 22.9 Å². The highest BCUT2D eigenvalue weighted by molar-refractivity contribution is 7.98. The zero-order valence-electron chi connectivity index (χ0n) is 15.7. The zero-order valence-corrected chi connectivity index (χ0v) is 16.5. The summed E-state index contributed by atoms with van der Waals surface area (Å²) in [7, 11) is 1.62. The molecule has 0 aliphatic rings. The van der Waals surface area contributed by atoms with Crippen molar-refractivity contribution in [3.05, 3.63) is 59.5 Å². The first-order valence-electron chi connectivity index (χ1n) is 8.59. The van der Waals surface area contributed by atoms with Gasteiger partial charge in [-0.3, -0.25) is 0 Å². The molecular formula is C19H18N6O2S. The molecule has 0 N–H and O–H groups in total. The molecule has 0 spiro atoms. The number of methoxy groups -OCH3 is 1. The Bertz CT molecular complexity index is 1110. The maximum atomic E-state index is 5.79. The lowest BCUT2D eigenvalue weighted by atomic mass is 10.1. The Balaban J connectivity index is 1.53. The van der Waals surface area contributed by atoms with Crippen LogP contribution in [0.15, 0.2) is 52.0 Å². The molecular weight excluding hydrogens is 376 g/mol. The zero-order chi connectivity index (χ0) is 19.5. The second-order valence-electron chi connectivity index (χ2n) is 6.21. The summed E-state index contributed by atoms with van der Waals surface area (Å²) in [5, 5.41) is 20.9. The minimum atomic E-state index is 0.452. The van der Waals surface area contributed by atoms with Crippen molar-refractivity contribution < 1.29 is 9.15 Å². The fourth-order valence-electron chi connectivity index (χ4n) is 2.72. The van der Waals surface area contributed by atoms with E-state index in [9.17, 15) is 0 Å². The molecule has 4 rings (SSSR count). The molecule has 0 amide bonds. The van der Waals surface area contributed by atoms with E-state index < -0.39 is 0 Å². The van der Waals surface area contributed by atoms with Gasteiger partial charge in [0, 0.05) is 5.56 Å². The van der Waals surface area contributed by atoms with Gasteiger partial charge in [0.05, 0.1) is 12.9 Å². The Morgan fingerprint density at radius 3 is 2.71 bits per heavy atom. The van der Waals surface area contributed by atoms with Crippen LogP contribution in [0.3, 0.4) is 0 Å². The maximum absolute atomic E-state index is 5.79. The molecule has 142 valence electrons. The summed E-state index contributed by atoms with van der Waals surface area (Å²) in [6.45, 7) is 4.03. The molecule has 0 aliphatic heterocycles. The SMILES string of the molecule is COc1ccc(C)cc1-n1nnnc1SCc1nnc(-c2cccc(C)c2)o1. The van der Waals surface area contributed by atoms with E-state index in [2.05, 4.69) is 25.7 Å². The van der Waals surface area contributed by atoms with Crippen molar-refractivity contribution in [2.45, 2.75) is 24.8 Å². The van der Waals surface area contributed by atoms with Crippen molar-refractivity contribution in [2.24, 2.45) is 0 Å². The Labute approximate surface area is 165 Å². The van der Waals surface area contributed by atoms with Crippen LogP contribution in [-0.4, -0.2) is 37.5 Å². The molecule has 8 nitrogen and oxygen atoms in total. The van der Waals surface area contributed by atoms with Crippen LogP contribution in [0.25, 0.3) is 17.1 Å². The fourth-order valence-corrected chi connectivity index (χ4v) is 3.44. The number of thioether (sulfide) groups is 1. The highest BCUT2D eigenvalue weighted by Crippen LogP contribution is 2.29. The third-order valence-corrected chi connectivity index (χ3v) is 4.96. The summed E-state index contributed by atoms with van der Waals surface area (Å²) in [5.41, 5.74) is 3.90. The molecule has 0 bridgehead atoms. The van der Waals surface area contributed by atoms with Crippen molar-refractivity contribution in [1.82, 2.24) is 30.4 Å². The Morgan fingerprint density at radius 2 is 1.89 bits per heavy atom. The first kappa shape index (κ1) is 18.2. The number of tetrazole rings is 1. The van der Waals surface area contributed by atoms with E-state index in [1.807, 2.05) is 56.3 Å². The van der Waals surface area contributed by atoms with Gasteiger partial charge in [0.2, 0.25) is 16.9 Å². The average Bonchev–Trinajstić information content (AvgIpc) is 3.36. The summed E-state index contributed by atoms with van der Waals surface area (Å²) in [4.78, 5) is 0. The third kappa shape index (κ3) is 3.74. The summed E-state index contributed by atoms with van der Waals surface area (Å²) >= 11 is 1.41. The molecule has 28 heavy (non-hydrogen) atoms. The molecule has 0 fully saturated rings. The van der Waals surface area contributed by atoms with Crippen LogP contribution in [0, 0.1) is 13.8 Å². The molecule has 0 unspecified atom stereocenters. The molecule has 0 radical (unpaired) electrons. The number of aryl methyl sites for hydroxylation is 2. The van der Waals surface area contributed by atoms with Crippen LogP contribution in [0.4, 0.5) is 0 Å². The van der Waals surface area contributed by atoms with Gasteiger partial charge in [0.25, 0.3) is 0 Å². The van der Waals surface area contributed by atoms with Crippen molar-refractivity contribution in [3.63, 3.8) is 0 Å². The van der Waals surface area contributed by atoms with E-state index in [-0.39, 0.29) is 0 Å². The third-order valence-electron chi connectivity index (χ3n) is 4.06. The van der Waals surface area contributed by atoms with Crippen molar-refractivity contribution in [1.29, 1.82) is 0 Å². The summed E-state index contributed by atoms with van der Waals surface area (Å²) < 4.78 is 12.9. The van der Waals surface area contributed by atoms with Crippen LogP contribution < -0.4 is 4.74 Å². The quantitative estimate of drug-likeness (QED) is 0.458. The second kappa shape index (κ2) is 7.81. The monoisotopic (exact) mass is 394 g/mol. The fraction of sp³-hybridized carbons (Fsp3) is 0.211. The summed E-state index contributed by atoms with van der Waals surface area (Å²) in [6.07, 6.45) is 0. The first-order chi connectivity index (χ1) is 13.6. The van der Waals surface area contributed by atoms with E-state index in [1.54, 1.807) is 11.8 Å². The van der Waals surface area contributed by atoms with Crippen LogP contribution in [-0.2, 0) is 5.75 Å². The minimum Gasteiger partial charge on any atom is -0.494 e. The predicted molar refractivity (Wildman–Crippen MR) is 104 cm³/mol. The van der Waals surface area contributed by atoms with E-state index in [0.29, 0.717) is 28.4 Å². The van der Waals surface area contributed by atoms with Gasteiger partial charge < -0.3 is 9.15 Å². The summed E-state index contributed by atoms with van der Waals surface area (Å²) in [6, 6.07) is 13.8. The number of hydrogen-bond acceptors (Lipinski definition) is 8. The number of ether oxygens (including phenoxy) is 1. The lowest BCUT2D eigenvalue weighted by molar-refractivity contribution is 0.410. The molecule has 2 heterocycles. The lowest BCUT2D eigenvalue weighted by Crippen LogP contribution is -2.02. The largest absolute Gasteiger partial charge is 0.494 e. The van der Waals surface area contributed by atoms with Gasteiger partial charge in [0.15, 0.2) is 0 Å². The van der Waals surface area contributed by atoms with Crippen LogP contribution in [0.5, 0.6) is 5.75 Å². The van der Waals surface area contributed by atoms with Crippen molar-refractivity contribution in [2.75, 3.05) is 7.11 Å². The molecule has 2 aromatic carbocycles. The molecule has 4 aromatic rings. The van der Waals surface area contributed by atoms with Gasteiger partial charge in [-0.1, -0.05) is 35.5 Å². The average molecular weight is 394 g/mol. The number of rotatable bonds is 6. The first-order valence-corrected chi connectivity index (χ1v) is 9.58. The Morgan fingerprint density at radius 1 is 1.04 bits per heavy atom. The molecule has 9 heteroatoms. The highest BCUT2D eigenvalue weighted by Gasteiger charge is 2.16. The number of aromatic nitrogens is 6. The van der Waals surface area contributed by atoms with Gasteiger partial charge >= 0.3 is 0 Å². The Kier molecular flexibility index (Phi) is 5.07. The Hall–Kier alpha value is -3.20. The standard InChI is InChI=1S/C19H18N6O2S/c1-12-5-4-6-14(9-12)18-21-20-17(27-18)11-28-19-22-23-24-25(19)15-10-13(2)7-8-16(15)26-3/h4-10H,11H2,1-3H3. The van der Waals surface area contributed by atoms with Gasteiger partial charge in [-0.05, 0) is 54.1 Å². The number of hydrogen-bond donors (Lipinski definition) is 0. The van der Waals surface area contributed by atoms with Gasteiger partial charge in [0.1, 0.15) is 11.4 Å². The van der Waals surface area contributed by atoms with Gasteiger partial charge in [-0.15, -0.1) is 15.3 Å². The molecule has 2 aromatic heterocycles. The maximum Gasteiger partial charge on any atom is 0.247 e. The number of nitrogens with zero attached hydrogens (tertiary/aromatic N) is 6. The lowest BCUT2D eigenvalue weighted by Gasteiger charge is -2.09. The van der Waals surface area contributed by atoms with Gasteiger partial charge in [-0.2, -0.15) is 4.68 Å². The van der Waals surface area contributed by atoms with E-state index in [1.165, 1.54) is 11.8 Å². The van der Waals surface area contributed by atoms with Gasteiger partial charge in [-0.25, -0.2) is 0 Å². The summed E-state index contributed by atoms with van der Waals surface area (Å²) in [5.74, 6) is 2.15.